The maximum atomic E-state index is 14.2. The van der Waals surface area contributed by atoms with Crippen LogP contribution in [0.25, 0.3) is 0 Å². The monoisotopic (exact) mass is 390 g/mol. The van der Waals surface area contributed by atoms with Crippen molar-refractivity contribution >= 4 is 17.6 Å². The Morgan fingerprint density at radius 2 is 2.00 bits per heavy atom. The van der Waals surface area contributed by atoms with Crippen LogP contribution in [-0.2, 0) is 19.1 Å². The first-order valence-corrected chi connectivity index (χ1v) is 8.95. The van der Waals surface area contributed by atoms with E-state index in [0.29, 0.717) is 13.0 Å². The summed E-state index contributed by atoms with van der Waals surface area (Å²) in [5, 5.41) is 1.86. The van der Waals surface area contributed by atoms with Gasteiger partial charge in [-0.15, -0.1) is 0 Å². The largest absolute Gasteiger partial charge is 0.425 e. The highest BCUT2D eigenvalue weighted by Crippen LogP contribution is 2.45. The third-order valence-corrected chi connectivity index (χ3v) is 4.82. The average molecular weight is 390 g/mol. The van der Waals surface area contributed by atoms with E-state index in [0.717, 1.165) is 18.2 Å². The van der Waals surface area contributed by atoms with Crippen LogP contribution in [0, 0.1) is 5.92 Å². The molecular weight excluding hydrogens is 365 g/mol. The predicted molar refractivity (Wildman–Crippen MR) is 90.5 cm³/mol. The fourth-order valence-electron chi connectivity index (χ4n) is 3.68. The van der Waals surface area contributed by atoms with Gasteiger partial charge in [-0.05, 0) is 32.6 Å². The molecule has 0 unspecified atom stereocenters. The Morgan fingerprint density at radius 3 is 2.44 bits per heavy atom. The van der Waals surface area contributed by atoms with E-state index in [2.05, 4.69) is 0 Å². The number of rotatable bonds is 6. The molecule has 0 spiro atoms. The van der Waals surface area contributed by atoms with Gasteiger partial charge < -0.3 is 15.0 Å². The summed E-state index contributed by atoms with van der Waals surface area (Å²) in [7, 11) is 0. The number of carbonyl (C=O) groups excluding carboxylic acids is 3. The summed E-state index contributed by atoms with van der Waals surface area (Å²) in [4.78, 5) is 38.2. The minimum Gasteiger partial charge on any atom is -0.376 e. The SMILES string of the molecule is CC(=O)C1=C(C)N(C[C@H]2CCCO2)C(=O)[C@]1(NC(=O)CC(C)C)C(F)(F)F. The summed E-state index contributed by atoms with van der Waals surface area (Å²) >= 11 is 0. The third kappa shape index (κ3) is 3.88. The molecule has 9 heteroatoms. The predicted octanol–water partition coefficient (Wildman–Crippen LogP) is 2.33. The Hall–Kier alpha value is -1.90. The van der Waals surface area contributed by atoms with Crippen LogP contribution in [0.4, 0.5) is 13.2 Å². The molecule has 2 atom stereocenters. The number of ketones is 1. The first-order chi connectivity index (χ1) is 12.4. The fraction of sp³-hybridized carbons (Fsp3) is 0.722. The lowest BCUT2D eigenvalue weighted by molar-refractivity contribution is -0.195. The van der Waals surface area contributed by atoms with Crippen LogP contribution in [0.15, 0.2) is 11.3 Å². The van der Waals surface area contributed by atoms with E-state index in [4.69, 9.17) is 4.74 Å². The molecule has 0 saturated carbocycles. The normalized spacial score (nSPS) is 26.3. The number of allylic oxidation sites excluding steroid dienone is 1. The third-order valence-electron chi connectivity index (χ3n) is 4.82. The van der Waals surface area contributed by atoms with Crippen molar-refractivity contribution in [3.63, 3.8) is 0 Å². The van der Waals surface area contributed by atoms with Crippen molar-refractivity contribution in [1.82, 2.24) is 10.2 Å². The maximum absolute atomic E-state index is 14.2. The number of nitrogens with one attached hydrogen (secondary N) is 1. The number of Topliss-reactive ketones (excluding diaryl/α,β-unsaturated/α-hetero) is 1. The highest BCUT2D eigenvalue weighted by atomic mass is 19.4. The van der Waals surface area contributed by atoms with Crippen LogP contribution in [-0.4, -0.2) is 53.5 Å². The van der Waals surface area contributed by atoms with Gasteiger partial charge in [-0.25, -0.2) is 0 Å². The van der Waals surface area contributed by atoms with Crippen molar-refractivity contribution in [3.8, 4) is 0 Å². The van der Waals surface area contributed by atoms with Crippen LogP contribution in [0.5, 0.6) is 0 Å². The van der Waals surface area contributed by atoms with Gasteiger partial charge in [-0.3, -0.25) is 14.4 Å². The van der Waals surface area contributed by atoms with E-state index in [1.165, 1.54) is 6.92 Å². The summed E-state index contributed by atoms with van der Waals surface area (Å²) in [6.45, 7) is 6.01. The Labute approximate surface area is 156 Å². The van der Waals surface area contributed by atoms with E-state index in [-0.39, 0.29) is 24.6 Å². The fourth-order valence-corrected chi connectivity index (χ4v) is 3.68. The van der Waals surface area contributed by atoms with E-state index in [9.17, 15) is 27.6 Å². The summed E-state index contributed by atoms with van der Waals surface area (Å²) in [6.07, 6.45) is -4.38. The molecule has 0 aromatic rings. The molecule has 1 fully saturated rings. The zero-order valence-electron chi connectivity index (χ0n) is 15.9. The minimum atomic E-state index is -5.16. The molecule has 2 rings (SSSR count). The quantitative estimate of drug-likeness (QED) is 0.755. The van der Waals surface area contributed by atoms with Gasteiger partial charge in [-0.1, -0.05) is 13.8 Å². The van der Waals surface area contributed by atoms with Gasteiger partial charge in [0.1, 0.15) is 0 Å². The summed E-state index contributed by atoms with van der Waals surface area (Å²) in [6, 6.07) is 0. The molecule has 152 valence electrons. The summed E-state index contributed by atoms with van der Waals surface area (Å²) < 4.78 is 47.9. The number of halogens is 3. The van der Waals surface area contributed by atoms with Crippen molar-refractivity contribution in [2.45, 2.75) is 64.8 Å². The molecule has 0 radical (unpaired) electrons. The Balaban J connectivity index is 2.50. The van der Waals surface area contributed by atoms with Crippen LogP contribution >= 0.6 is 0 Å². The topological polar surface area (TPSA) is 75.7 Å². The highest BCUT2D eigenvalue weighted by molar-refractivity contribution is 6.12. The van der Waals surface area contributed by atoms with Gasteiger partial charge in [0.05, 0.1) is 18.2 Å². The number of amides is 2. The van der Waals surface area contributed by atoms with Gasteiger partial charge >= 0.3 is 6.18 Å². The molecule has 2 amide bonds. The second-order valence-corrected chi connectivity index (χ2v) is 7.46. The molecule has 2 aliphatic heterocycles. The standard InChI is InChI=1S/C18H25F3N2O4/c1-10(2)8-14(25)22-17(18(19,20)21)15(12(4)24)11(3)23(16(17)26)9-13-6-5-7-27-13/h10,13H,5-9H2,1-4H3,(H,22,25)/t13-,17+/m1/s1. The molecule has 0 aliphatic carbocycles. The van der Waals surface area contributed by atoms with Crippen LogP contribution in [0.2, 0.25) is 0 Å². The van der Waals surface area contributed by atoms with Gasteiger partial charge in [0.15, 0.2) is 5.78 Å². The van der Waals surface area contributed by atoms with Gasteiger partial charge in [-0.2, -0.15) is 13.2 Å². The first-order valence-electron chi connectivity index (χ1n) is 8.95. The van der Waals surface area contributed by atoms with Crippen molar-refractivity contribution in [2.24, 2.45) is 5.92 Å². The van der Waals surface area contributed by atoms with Gasteiger partial charge in [0.2, 0.25) is 11.4 Å². The molecule has 2 aliphatic rings. The Kier molecular flexibility index (Phi) is 6.03. The smallest absolute Gasteiger partial charge is 0.376 e. The number of alkyl halides is 3. The molecule has 0 aromatic heterocycles. The second-order valence-electron chi connectivity index (χ2n) is 7.46. The Morgan fingerprint density at radius 1 is 1.37 bits per heavy atom. The number of hydrogen-bond acceptors (Lipinski definition) is 4. The van der Waals surface area contributed by atoms with Gasteiger partial charge in [0, 0.05) is 18.7 Å². The van der Waals surface area contributed by atoms with E-state index in [1.807, 2.05) is 5.32 Å². The number of carbonyl (C=O) groups is 3. The maximum Gasteiger partial charge on any atom is 0.425 e. The lowest BCUT2D eigenvalue weighted by atomic mass is 9.86. The molecule has 1 N–H and O–H groups in total. The molecule has 0 bridgehead atoms. The zero-order valence-corrected chi connectivity index (χ0v) is 15.9. The number of nitrogens with zero attached hydrogens (tertiary/aromatic N) is 1. The molecule has 27 heavy (non-hydrogen) atoms. The van der Waals surface area contributed by atoms with Crippen molar-refractivity contribution in [1.29, 1.82) is 0 Å². The zero-order chi connectivity index (χ0) is 20.6. The lowest BCUT2D eigenvalue weighted by Gasteiger charge is -2.33. The Bertz CT molecular complexity index is 666. The van der Waals surface area contributed by atoms with Gasteiger partial charge in [0.25, 0.3) is 5.91 Å². The molecule has 1 saturated heterocycles. The van der Waals surface area contributed by atoms with Crippen molar-refractivity contribution in [2.75, 3.05) is 13.2 Å². The van der Waals surface area contributed by atoms with Crippen molar-refractivity contribution in [3.05, 3.63) is 11.3 Å². The number of ether oxygens (including phenoxy) is 1. The van der Waals surface area contributed by atoms with Crippen LogP contribution < -0.4 is 5.32 Å². The van der Waals surface area contributed by atoms with E-state index < -0.39 is 41.0 Å². The van der Waals surface area contributed by atoms with Crippen LogP contribution in [0.1, 0.15) is 47.0 Å². The average Bonchev–Trinajstić information content (AvgIpc) is 3.07. The molecule has 0 aromatic carbocycles. The molecule has 6 nitrogen and oxygen atoms in total. The van der Waals surface area contributed by atoms with E-state index >= 15 is 0 Å². The summed E-state index contributed by atoms with van der Waals surface area (Å²) in [5.41, 5.74) is -4.17. The minimum absolute atomic E-state index is 0.0840. The van der Waals surface area contributed by atoms with Crippen LogP contribution in [0.3, 0.4) is 0 Å². The lowest BCUT2D eigenvalue weighted by Crippen LogP contribution is -2.66. The van der Waals surface area contributed by atoms with E-state index in [1.54, 1.807) is 13.8 Å². The van der Waals surface area contributed by atoms with Crippen molar-refractivity contribution < 1.29 is 32.3 Å². The summed E-state index contributed by atoms with van der Waals surface area (Å²) in [5.74, 6) is -3.40. The number of hydrogen-bond donors (Lipinski definition) is 1. The highest BCUT2D eigenvalue weighted by Gasteiger charge is 2.69. The molecular formula is C18H25F3N2O4. The second kappa shape index (κ2) is 7.61. The molecule has 2 heterocycles. The first kappa shape index (κ1) is 21.4.